The van der Waals surface area contributed by atoms with E-state index < -0.39 is 24.5 Å². The van der Waals surface area contributed by atoms with Crippen molar-refractivity contribution in [3.8, 4) is 0 Å². The van der Waals surface area contributed by atoms with Crippen molar-refractivity contribution in [1.29, 1.82) is 0 Å². The van der Waals surface area contributed by atoms with Crippen LogP contribution in [0.25, 0.3) is 0 Å². The molecule has 4 heteroatoms. The first-order valence-electron chi connectivity index (χ1n) is 5.09. The Balaban J connectivity index is 5.02. The molecule has 0 radical (unpaired) electrons. The van der Waals surface area contributed by atoms with E-state index in [9.17, 15) is 4.80 Å². The van der Waals surface area contributed by atoms with Gasteiger partial charge in [-0.15, -0.1) is 0 Å². The van der Waals surface area contributed by atoms with Gasteiger partial charge in [0.05, 0.1) is 0 Å². The zero-order valence-corrected chi connectivity index (χ0v) is 13.5. The standard InChI is InChI=1S/C9H26OSi3/c1-11(2,3)9(12(4,5)6)13(7,8)10/h9-10H,1-8H3. The summed E-state index contributed by atoms with van der Waals surface area (Å²) in [7, 11) is -4.30. The summed E-state index contributed by atoms with van der Waals surface area (Å²) in [5.41, 5.74) is 0. The second kappa shape index (κ2) is 3.64. The lowest BCUT2D eigenvalue weighted by atomic mass is 11.7. The Labute approximate surface area is 86.7 Å². The van der Waals surface area contributed by atoms with Gasteiger partial charge in [-0.25, -0.2) is 0 Å². The van der Waals surface area contributed by atoms with E-state index in [0.717, 1.165) is 0 Å². The zero-order chi connectivity index (χ0) is 11.1. The van der Waals surface area contributed by atoms with E-state index in [2.05, 4.69) is 52.4 Å². The van der Waals surface area contributed by atoms with Crippen LogP contribution in [0.3, 0.4) is 0 Å². The fourth-order valence-corrected chi connectivity index (χ4v) is 30.8. The summed E-state index contributed by atoms with van der Waals surface area (Å²) in [6, 6.07) is 0. The van der Waals surface area contributed by atoms with Crippen molar-refractivity contribution in [2.24, 2.45) is 0 Å². The predicted molar refractivity (Wildman–Crippen MR) is 70.1 cm³/mol. The normalized spacial score (nSPS) is 15.2. The monoisotopic (exact) mass is 234 g/mol. The molecule has 0 amide bonds. The van der Waals surface area contributed by atoms with Gasteiger partial charge in [0.15, 0.2) is 8.32 Å². The maximum Gasteiger partial charge on any atom is 0.180 e. The average Bonchev–Trinajstić information content (AvgIpc) is 1.44. The molecule has 0 heterocycles. The first-order chi connectivity index (χ1) is 5.37. The lowest BCUT2D eigenvalue weighted by Gasteiger charge is -2.44. The number of hydrogen-bond donors (Lipinski definition) is 1. The molecular weight excluding hydrogens is 208 g/mol. The molecule has 0 aliphatic heterocycles. The van der Waals surface area contributed by atoms with Crippen molar-refractivity contribution in [3.05, 3.63) is 0 Å². The van der Waals surface area contributed by atoms with Gasteiger partial charge in [0, 0.05) is 16.1 Å². The average molecular weight is 235 g/mol. The lowest BCUT2D eigenvalue weighted by Crippen LogP contribution is -2.56. The summed E-state index contributed by atoms with van der Waals surface area (Å²) < 4.78 is 0. The van der Waals surface area contributed by atoms with Crippen molar-refractivity contribution in [1.82, 2.24) is 0 Å². The van der Waals surface area contributed by atoms with Crippen LogP contribution in [0.15, 0.2) is 0 Å². The van der Waals surface area contributed by atoms with Crippen LogP contribution in [0.5, 0.6) is 0 Å². The van der Waals surface area contributed by atoms with Crippen molar-refractivity contribution in [3.63, 3.8) is 0 Å². The molecule has 13 heavy (non-hydrogen) atoms. The van der Waals surface area contributed by atoms with E-state index in [4.69, 9.17) is 0 Å². The van der Waals surface area contributed by atoms with Crippen LogP contribution in [0.2, 0.25) is 57.2 Å². The van der Waals surface area contributed by atoms with Crippen LogP contribution in [0, 0.1) is 0 Å². The highest BCUT2D eigenvalue weighted by Gasteiger charge is 2.47. The zero-order valence-electron chi connectivity index (χ0n) is 10.5. The Morgan fingerprint density at radius 3 is 0.923 bits per heavy atom. The molecule has 0 aliphatic rings. The van der Waals surface area contributed by atoms with E-state index in [1.54, 1.807) is 0 Å². The molecule has 0 fully saturated rings. The Morgan fingerprint density at radius 2 is 0.923 bits per heavy atom. The largest absolute Gasteiger partial charge is 0.433 e. The van der Waals surface area contributed by atoms with Gasteiger partial charge in [-0.2, -0.15) is 0 Å². The smallest absolute Gasteiger partial charge is 0.180 e. The molecule has 1 nitrogen and oxygen atoms in total. The van der Waals surface area contributed by atoms with Gasteiger partial charge in [0.1, 0.15) is 0 Å². The van der Waals surface area contributed by atoms with Gasteiger partial charge >= 0.3 is 0 Å². The molecule has 0 aromatic rings. The molecule has 0 saturated carbocycles. The molecular formula is C9H26OSi3. The quantitative estimate of drug-likeness (QED) is 0.743. The third-order valence-electron chi connectivity index (χ3n) is 2.44. The molecule has 0 aromatic carbocycles. The molecule has 0 atom stereocenters. The highest BCUT2D eigenvalue weighted by molar-refractivity contribution is 7.10. The SMILES string of the molecule is C[Si](C)(C)C([Si](C)(C)C)[Si](C)(C)O. The Hall–Kier alpha value is 0.611. The van der Waals surface area contributed by atoms with Crippen molar-refractivity contribution < 1.29 is 4.80 Å². The summed E-state index contributed by atoms with van der Waals surface area (Å²) in [5.74, 6) is 0. The van der Waals surface area contributed by atoms with E-state index >= 15 is 0 Å². The summed E-state index contributed by atoms with van der Waals surface area (Å²) in [6.07, 6.45) is 0. The third kappa shape index (κ3) is 4.10. The van der Waals surface area contributed by atoms with Crippen LogP contribution in [-0.4, -0.2) is 29.3 Å². The first-order valence-corrected chi connectivity index (χ1v) is 15.3. The molecule has 0 aromatic heterocycles. The topological polar surface area (TPSA) is 20.2 Å². The first kappa shape index (κ1) is 13.6. The molecule has 0 unspecified atom stereocenters. The van der Waals surface area contributed by atoms with Crippen LogP contribution in [0.4, 0.5) is 0 Å². The Kier molecular flexibility index (Phi) is 3.81. The molecule has 1 N–H and O–H groups in total. The molecule has 0 rings (SSSR count). The number of rotatable bonds is 3. The van der Waals surface area contributed by atoms with Gasteiger partial charge < -0.3 is 4.80 Å². The molecule has 0 spiro atoms. The minimum atomic E-state index is -1.93. The van der Waals surface area contributed by atoms with Gasteiger partial charge in [0.25, 0.3) is 0 Å². The van der Waals surface area contributed by atoms with Crippen LogP contribution in [-0.2, 0) is 0 Å². The molecule has 80 valence electrons. The minimum Gasteiger partial charge on any atom is -0.433 e. The van der Waals surface area contributed by atoms with E-state index in [1.807, 2.05) is 0 Å². The maximum absolute atomic E-state index is 10.4. The highest BCUT2D eigenvalue weighted by Crippen LogP contribution is 2.38. The molecule has 0 bridgehead atoms. The summed E-state index contributed by atoms with van der Waals surface area (Å²) >= 11 is 0. The minimum absolute atomic E-state index is 0.701. The van der Waals surface area contributed by atoms with Crippen molar-refractivity contribution >= 4 is 24.5 Å². The Morgan fingerprint density at radius 1 is 0.692 bits per heavy atom. The van der Waals surface area contributed by atoms with Crippen LogP contribution < -0.4 is 0 Å². The fourth-order valence-electron chi connectivity index (χ4n) is 3.42. The van der Waals surface area contributed by atoms with Gasteiger partial charge in [0.2, 0.25) is 0 Å². The molecule has 0 saturated heterocycles. The van der Waals surface area contributed by atoms with Gasteiger partial charge in [-0.1, -0.05) is 39.3 Å². The number of hydrogen-bond acceptors (Lipinski definition) is 1. The Bertz CT molecular complexity index is 137. The highest BCUT2D eigenvalue weighted by atomic mass is 28.5. The van der Waals surface area contributed by atoms with Gasteiger partial charge in [-0.05, 0) is 17.9 Å². The van der Waals surface area contributed by atoms with E-state index in [0.29, 0.717) is 4.79 Å². The van der Waals surface area contributed by atoms with Crippen LogP contribution >= 0.6 is 0 Å². The second-order valence-electron chi connectivity index (χ2n) is 6.82. The van der Waals surface area contributed by atoms with Crippen molar-refractivity contribution in [2.75, 3.05) is 0 Å². The summed E-state index contributed by atoms with van der Waals surface area (Å²) in [4.78, 5) is 11.1. The summed E-state index contributed by atoms with van der Waals surface area (Å²) in [5, 5.41) is 0. The van der Waals surface area contributed by atoms with Crippen molar-refractivity contribution in [2.45, 2.75) is 57.2 Å². The second-order valence-corrected chi connectivity index (χ2v) is 23.1. The van der Waals surface area contributed by atoms with E-state index in [1.165, 1.54) is 0 Å². The third-order valence-corrected chi connectivity index (χ3v) is 21.9. The maximum atomic E-state index is 10.4. The predicted octanol–water partition coefficient (Wildman–Crippen LogP) is 3.31. The fraction of sp³-hybridized carbons (Fsp3) is 1.00. The lowest BCUT2D eigenvalue weighted by molar-refractivity contribution is 0.551. The molecule has 0 aliphatic carbocycles. The summed E-state index contributed by atoms with van der Waals surface area (Å²) in [6.45, 7) is 18.7. The van der Waals surface area contributed by atoms with Gasteiger partial charge in [-0.3, -0.25) is 0 Å². The van der Waals surface area contributed by atoms with Crippen LogP contribution in [0.1, 0.15) is 0 Å². The van der Waals surface area contributed by atoms with E-state index in [-0.39, 0.29) is 0 Å².